The first-order valence-corrected chi connectivity index (χ1v) is 13.6. The van der Waals surface area contributed by atoms with Crippen LogP contribution in [0.3, 0.4) is 0 Å². The molecule has 0 bridgehead atoms. The van der Waals surface area contributed by atoms with Crippen LogP contribution in [0.5, 0.6) is 0 Å². The number of likely N-dealkylation sites (tertiary alicyclic amines) is 1. The van der Waals surface area contributed by atoms with Crippen molar-refractivity contribution in [2.75, 3.05) is 13.1 Å². The highest BCUT2D eigenvalue weighted by Gasteiger charge is 2.41. The van der Waals surface area contributed by atoms with Crippen LogP contribution in [-0.4, -0.2) is 29.1 Å². The van der Waals surface area contributed by atoms with Gasteiger partial charge >= 0.3 is 6.18 Å². The van der Waals surface area contributed by atoms with Crippen LogP contribution in [0.25, 0.3) is 0 Å². The van der Waals surface area contributed by atoms with Crippen molar-refractivity contribution in [1.29, 1.82) is 0 Å². The molecule has 2 aliphatic rings. The van der Waals surface area contributed by atoms with E-state index in [4.69, 9.17) is 11.6 Å². The van der Waals surface area contributed by atoms with E-state index >= 15 is 0 Å². The summed E-state index contributed by atoms with van der Waals surface area (Å²) in [5.41, 5.74) is 2.90. The van der Waals surface area contributed by atoms with Crippen LogP contribution in [-0.2, 0) is 17.2 Å². The summed E-state index contributed by atoms with van der Waals surface area (Å²) in [5, 5.41) is 11.0. The van der Waals surface area contributed by atoms with Crippen LogP contribution in [0.1, 0.15) is 59.1 Å². The van der Waals surface area contributed by atoms with Crippen molar-refractivity contribution in [3.8, 4) is 0 Å². The second-order valence-electron chi connectivity index (χ2n) is 10.9. The molecule has 1 unspecified atom stereocenters. The lowest BCUT2D eigenvalue weighted by molar-refractivity contribution is -0.137. The highest BCUT2D eigenvalue weighted by Crippen LogP contribution is 2.44. The summed E-state index contributed by atoms with van der Waals surface area (Å²) in [5.74, 6) is 0. The van der Waals surface area contributed by atoms with E-state index in [-0.39, 0.29) is 22.0 Å². The van der Waals surface area contributed by atoms with Crippen molar-refractivity contribution in [3.63, 3.8) is 0 Å². The predicted molar refractivity (Wildman–Crippen MR) is 146 cm³/mol. The number of hydrogen-bond acceptors (Lipinski definition) is 2. The Morgan fingerprint density at radius 2 is 1.34 bits per heavy atom. The largest absolute Gasteiger partial charge is 0.417 e. The Bertz CT molecular complexity index is 1260. The van der Waals surface area contributed by atoms with E-state index in [0.717, 1.165) is 18.9 Å². The van der Waals surface area contributed by atoms with E-state index in [1.165, 1.54) is 34.4 Å². The Labute approximate surface area is 227 Å². The molecule has 0 saturated carbocycles. The van der Waals surface area contributed by atoms with Gasteiger partial charge in [0.1, 0.15) is 0 Å². The minimum absolute atomic E-state index is 0.203. The van der Waals surface area contributed by atoms with Gasteiger partial charge in [0.05, 0.1) is 16.2 Å². The minimum Gasteiger partial charge on any atom is -0.385 e. The monoisotopic (exact) mass is 539 g/mol. The lowest BCUT2D eigenvalue weighted by Gasteiger charge is -2.44. The summed E-state index contributed by atoms with van der Waals surface area (Å²) in [6.07, 6.45) is 2.72. The number of alkyl halides is 3. The summed E-state index contributed by atoms with van der Waals surface area (Å²) in [7, 11) is 0. The van der Waals surface area contributed by atoms with E-state index in [1.807, 2.05) is 0 Å². The first-order valence-electron chi connectivity index (χ1n) is 13.2. The van der Waals surface area contributed by atoms with E-state index in [9.17, 15) is 18.3 Å². The molecule has 3 aromatic rings. The number of hydrogen-bond donors (Lipinski definition) is 1. The molecule has 1 heterocycles. The van der Waals surface area contributed by atoms with Crippen LogP contribution in [0.2, 0.25) is 5.02 Å². The Morgan fingerprint density at radius 3 is 1.82 bits per heavy atom. The number of halogens is 4. The Kier molecular flexibility index (Phi) is 7.23. The third-order valence-electron chi connectivity index (χ3n) is 8.47. The maximum absolute atomic E-state index is 13.4. The van der Waals surface area contributed by atoms with E-state index < -0.39 is 17.3 Å². The molecular formula is C32H33ClF3NO. The maximum Gasteiger partial charge on any atom is 0.417 e. The fourth-order valence-electron chi connectivity index (χ4n) is 6.03. The highest BCUT2D eigenvalue weighted by atomic mass is 35.5. The van der Waals surface area contributed by atoms with Gasteiger partial charge in [-0.1, -0.05) is 89.5 Å². The molecule has 1 aliphatic heterocycles. The van der Waals surface area contributed by atoms with Crippen molar-refractivity contribution in [3.05, 3.63) is 117 Å². The summed E-state index contributed by atoms with van der Waals surface area (Å²) in [4.78, 5) is 2.35. The number of piperidine rings is 1. The maximum atomic E-state index is 13.4. The van der Waals surface area contributed by atoms with Crippen LogP contribution in [0, 0.1) is 13.8 Å². The van der Waals surface area contributed by atoms with Crippen molar-refractivity contribution in [1.82, 2.24) is 4.90 Å². The third kappa shape index (κ3) is 5.16. The van der Waals surface area contributed by atoms with Gasteiger partial charge < -0.3 is 5.11 Å². The second-order valence-corrected chi connectivity index (χ2v) is 11.3. The van der Waals surface area contributed by atoms with Crippen molar-refractivity contribution in [2.24, 2.45) is 0 Å². The average Bonchev–Trinajstić information content (AvgIpc) is 2.90. The lowest BCUT2D eigenvalue weighted by atomic mass is 9.67. The van der Waals surface area contributed by atoms with Crippen LogP contribution >= 0.6 is 11.6 Å². The zero-order chi connectivity index (χ0) is 27.1. The Morgan fingerprint density at radius 1 is 0.816 bits per heavy atom. The van der Waals surface area contributed by atoms with Gasteiger partial charge in [0.25, 0.3) is 0 Å². The molecule has 1 fully saturated rings. The number of aliphatic hydroxyl groups is 1. The van der Waals surface area contributed by atoms with E-state index in [2.05, 4.69) is 79.4 Å². The van der Waals surface area contributed by atoms with Crippen molar-refractivity contribution >= 4 is 11.6 Å². The molecule has 1 saturated heterocycles. The van der Waals surface area contributed by atoms with E-state index in [1.54, 1.807) is 0 Å². The fraction of sp³-hybridized carbons (Fsp3) is 0.375. The molecule has 200 valence electrons. The second kappa shape index (κ2) is 10.2. The fourth-order valence-corrected chi connectivity index (χ4v) is 6.26. The van der Waals surface area contributed by atoms with Gasteiger partial charge in [-0.2, -0.15) is 13.2 Å². The van der Waals surface area contributed by atoms with Crippen molar-refractivity contribution in [2.45, 2.75) is 62.8 Å². The summed E-state index contributed by atoms with van der Waals surface area (Å²) in [6.45, 7) is 5.41. The normalized spacial score (nSPS) is 21.4. The zero-order valence-corrected chi connectivity index (χ0v) is 22.5. The van der Waals surface area contributed by atoms with Crippen molar-refractivity contribution < 1.29 is 18.3 Å². The zero-order valence-electron chi connectivity index (χ0n) is 21.7. The smallest absolute Gasteiger partial charge is 0.385 e. The first-order chi connectivity index (χ1) is 18.0. The number of aryl methyl sites for hydroxylation is 2. The summed E-state index contributed by atoms with van der Waals surface area (Å²) >= 11 is 5.80. The molecule has 2 nitrogen and oxygen atoms in total. The van der Waals surface area contributed by atoms with Gasteiger partial charge in [-0.25, -0.2) is 0 Å². The number of benzene rings is 3. The van der Waals surface area contributed by atoms with Gasteiger partial charge in [-0.15, -0.1) is 0 Å². The average molecular weight is 540 g/mol. The van der Waals surface area contributed by atoms with Gasteiger partial charge in [0.2, 0.25) is 0 Å². The van der Waals surface area contributed by atoms with Crippen LogP contribution in [0.15, 0.2) is 78.9 Å². The molecule has 1 atom stereocenters. The summed E-state index contributed by atoms with van der Waals surface area (Å²) < 4.78 is 40.2. The molecular weight excluding hydrogens is 507 g/mol. The Hall–Kier alpha value is -2.60. The van der Waals surface area contributed by atoms with E-state index in [0.29, 0.717) is 25.9 Å². The SMILES string of the molecule is Cc1ccc(C2(c3ccc(C)cc3)C=CC(N3CCC(O)(c4ccc(Cl)c(C(F)(F)F)c4)CC3)CC2)cc1. The molecule has 0 spiro atoms. The molecule has 1 N–H and O–H groups in total. The minimum atomic E-state index is -4.56. The van der Waals surface area contributed by atoms with Crippen LogP contribution in [0.4, 0.5) is 13.2 Å². The molecule has 6 heteroatoms. The molecule has 0 radical (unpaired) electrons. The van der Waals surface area contributed by atoms with Gasteiger partial charge in [0, 0.05) is 24.5 Å². The molecule has 0 aromatic heterocycles. The molecule has 3 aromatic carbocycles. The molecule has 38 heavy (non-hydrogen) atoms. The van der Waals surface area contributed by atoms with Gasteiger partial charge in [-0.05, 0) is 68.4 Å². The highest BCUT2D eigenvalue weighted by molar-refractivity contribution is 6.31. The number of allylic oxidation sites excluding steroid dienone is 1. The molecule has 1 aliphatic carbocycles. The Balaban J connectivity index is 1.35. The van der Waals surface area contributed by atoms with Gasteiger partial charge in [0.15, 0.2) is 0 Å². The quantitative estimate of drug-likeness (QED) is 0.340. The summed E-state index contributed by atoms with van der Waals surface area (Å²) in [6, 6.07) is 21.5. The standard InChI is InChI=1S/C32H33ClF3NO/c1-22-3-7-24(8-4-22)30(25-9-5-23(2)6-10-25)15-13-27(14-16-30)37-19-17-31(38,18-20-37)26-11-12-29(33)28(21-26)32(34,35)36/h3-13,15,21,27,38H,14,16-20H2,1-2H3. The van der Waals surface area contributed by atoms with Crippen LogP contribution < -0.4 is 0 Å². The first kappa shape index (κ1) is 27.0. The number of rotatable bonds is 4. The number of nitrogens with zero attached hydrogens (tertiary/aromatic N) is 1. The lowest BCUT2D eigenvalue weighted by Crippen LogP contribution is -2.48. The predicted octanol–water partition coefficient (Wildman–Crippen LogP) is 7.96. The third-order valence-corrected chi connectivity index (χ3v) is 8.80. The topological polar surface area (TPSA) is 23.5 Å². The molecule has 0 amide bonds. The van der Waals surface area contributed by atoms with Gasteiger partial charge in [-0.3, -0.25) is 4.90 Å². The molecule has 5 rings (SSSR count).